The molecule has 0 radical (unpaired) electrons. The third-order valence-corrected chi connectivity index (χ3v) is 5.94. The van der Waals surface area contributed by atoms with Crippen molar-refractivity contribution in [1.29, 1.82) is 0 Å². The Kier molecular flexibility index (Phi) is 6.31. The van der Waals surface area contributed by atoms with Crippen LogP contribution in [-0.2, 0) is 4.79 Å². The summed E-state index contributed by atoms with van der Waals surface area (Å²) in [5, 5.41) is 16.2. The van der Waals surface area contributed by atoms with Gasteiger partial charge in [-0.05, 0) is 44.2 Å². The Morgan fingerprint density at radius 3 is 2.58 bits per heavy atom. The van der Waals surface area contributed by atoms with E-state index in [0.29, 0.717) is 38.2 Å². The van der Waals surface area contributed by atoms with E-state index in [2.05, 4.69) is 20.7 Å². The lowest BCUT2D eigenvalue weighted by molar-refractivity contribution is -0.115. The molecule has 2 heterocycles. The number of nitrogens with zero attached hydrogens (tertiary/aromatic N) is 4. The number of hydrogen-bond donors (Lipinski definition) is 1. The number of nitrogens with one attached hydrogen (secondary N) is 1. The highest BCUT2D eigenvalue weighted by Gasteiger charge is 2.23. The topological polar surface area (TPSA) is 85.8 Å². The standard InChI is InChI=1S/C21H17Cl2N5O2S/c1-12-10-18(30-27-12)24-20(29)13(2)31-21-26-25-19(16-9-8-14(22)11-17(16)23)28(21)15-6-4-3-5-7-15/h3-11,13H,1-2H3,(H,24,29). The van der Waals surface area contributed by atoms with E-state index >= 15 is 0 Å². The van der Waals surface area contributed by atoms with E-state index in [4.69, 9.17) is 27.7 Å². The molecule has 4 rings (SSSR count). The molecule has 1 unspecified atom stereocenters. The highest BCUT2D eigenvalue weighted by Crippen LogP contribution is 2.34. The number of halogens is 2. The maximum atomic E-state index is 12.6. The SMILES string of the molecule is Cc1cc(NC(=O)C(C)Sc2nnc(-c3ccc(Cl)cc3Cl)n2-c2ccccc2)on1. The Morgan fingerprint density at radius 2 is 1.90 bits per heavy atom. The molecule has 2 aromatic heterocycles. The molecule has 0 bridgehead atoms. The van der Waals surface area contributed by atoms with Gasteiger partial charge < -0.3 is 4.52 Å². The maximum absolute atomic E-state index is 12.6. The van der Waals surface area contributed by atoms with E-state index in [0.717, 1.165) is 5.69 Å². The van der Waals surface area contributed by atoms with E-state index in [1.807, 2.05) is 34.9 Å². The maximum Gasteiger partial charge on any atom is 0.240 e. The molecule has 0 saturated heterocycles. The van der Waals surface area contributed by atoms with Gasteiger partial charge in [-0.3, -0.25) is 14.7 Å². The molecule has 0 aliphatic carbocycles. The lowest BCUT2D eigenvalue weighted by atomic mass is 10.2. The highest BCUT2D eigenvalue weighted by molar-refractivity contribution is 8.00. The zero-order valence-electron chi connectivity index (χ0n) is 16.5. The van der Waals surface area contributed by atoms with Crippen molar-refractivity contribution in [2.75, 3.05) is 5.32 Å². The van der Waals surface area contributed by atoms with Crippen molar-refractivity contribution in [3.63, 3.8) is 0 Å². The fourth-order valence-corrected chi connectivity index (χ4v) is 4.22. The third-order valence-electron chi connectivity index (χ3n) is 4.35. The van der Waals surface area contributed by atoms with E-state index in [-0.39, 0.29) is 5.91 Å². The fourth-order valence-electron chi connectivity index (χ4n) is 2.86. The van der Waals surface area contributed by atoms with Crippen molar-refractivity contribution < 1.29 is 9.32 Å². The molecule has 4 aromatic rings. The minimum absolute atomic E-state index is 0.241. The van der Waals surface area contributed by atoms with Gasteiger partial charge in [-0.25, -0.2) is 0 Å². The molecule has 158 valence electrons. The number of benzene rings is 2. The van der Waals surface area contributed by atoms with Crippen LogP contribution in [0, 0.1) is 6.92 Å². The molecule has 1 amide bonds. The number of carbonyl (C=O) groups excluding carboxylic acids is 1. The molecule has 0 aliphatic heterocycles. The zero-order valence-corrected chi connectivity index (χ0v) is 18.9. The molecule has 10 heteroatoms. The van der Waals surface area contributed by atoms with Gasteiger partial charge in [0.15, 0.2) is 11.0 Å². The van der Waals surface area contributed by atoms with Crippen LogP contribution in [0.2, 0.25) is 10.0 Å². The zero-order chi connectivity index (χ0) is 22.0. The van der Waals surface area contributed by atoms with Crippen LogP contribution in [0.3, 0.4) is 0 Å². The van der Waals surface area contributed by atoms with Crippen molar-refractivity contribution in [3.05, 3.63) is 70.3 Å². The second-order valence-corrected chi connectivity index (χ2v) is 8.83. The van der Waals surface area contributed by atoms with E-state index < -0.39 is 5.25 Å². The number of aromatic nitrogens is 4. The summed E-state index contributed by atoms with van der Waals surface area (Å²) in [6.45, 7) is 3.56. The first-order chi connectivity index (χ1) is 14.9. The smallest absolute Gasteiger partial charge is 0.240 e. The first-order valence-electron chi connectivity index (χ1n) is 9.29. The second-order valence-electron chi connectivity index (χ2n) is 6.68. The average molecular weight is 474 g/mol. The van der Waals surface area contributed by atoms with Gasteiger partial charge in [0.05, 0.1) is 16.0 Å². The number of anilines is 1. The number of thioether (sulfide) groups is 1. The molecule has 0 saturated carbocycles. The number of para-hydroxylation sites is 1. The fraction of sp³-hybridized carbons (Fsp3) is 0.143. The summed E-state index contributed by atoms with van der Waals surface area (Å²) in [4.78, 5) is 12.6. The molecule has 2 aromatic carbocycles. The minimum Gasteiger partial charge on any atom is -0.338 e. The highest BCUT2D eigenvalue weighted by atomic mass is 35.5. The van der Waals surface area contributed by atoms with Gasteiger partial charge in [0.25, 0.3) is 0 Å². The lowest BCUT2D eigenvalue weighted by Crippen LogP contribution is -2.22. The van der Waals surface area contributed by atoms with Crippen molar-refractivity contribution in [3.8, 4) is 17.1 Å². The van der Waals surface area contributed by atoms with Crippen molar-refractivity contribution in [2.45, 2.75) is 24.3 Å². The third kappa shape index (κ3) is 4.76. The van der Waals surface area contributed by atoms with Gasteiger partial charge >= 0.3 is 0 Å². The van der Waals surface area contributed by atoms with Crippen LogP contribution in [0.5, 0.6) is 0 Å². The summed E-state index contributed by atoms with van der Waals surface area (Å²) in [7, 11) is 0. The Labute approximate surface area is 192 Å². The van der Waals surface area contributed by atoms with Crippen molar-refractivity contribution in [2.24, 2.45) is 0 Å². The van der Waals surface area contributed by atoms with Gasteiger partial charge in [0.1, 0.15) is 0 Å². The van der Waals surface area contributed by atoms with Crippen LogP contribution < -0.4 is 5.32 Å². The van der Waals surface area contributed by atoms with Gasteiger partial charge in [-0.1, -0.05) is 58.3 Å². The quantitative estimate of drug-likeness (QED) is 0.363. The van der Waals surface area contributed by atoms with Gasteiger partial charge in [-0.15, -0.1) is 10.2 Å². The van der Waals surface area contributed by atoms with Gasteiger partial charge in [0, 0.05) is 22.3 Å². The monoisotopic (exact) mass is 473 g/mol. The number of hydrogen-bond acceptors (Lipinski definition) is 6. The van der Waals surface area contributed by atoms with E-state index in [1.165, 1.54) is 11.8 Å². The predicted octanol–water partition coefficient (Wildman–Crippen LogP) is 5.66. The Morgan fingerprint density at radius 1 is 1.13 bits per heavy atom. The Balaban J connectivity index is 1.67. The number of carbonyl (C=O) groups is 1. The average Bonchev–Trinajstić information content (AvgIpc) is 3.34. The van der Waals surface area contributed by atoms with Crippen LogP contribution in [0.4, 0.5) is 5.88 Å². The molecular weight excluding hydrogens is 457 g/mol. The lowest BCUT2D eigenvalue weighted by Gasteiger charge is -2.13. The van der Waals surface area contributed by atoms with Crippen LogP contribution in [0.25, 0.3) is 17.1 Å². The minimum atomic E-state index is -0.481. The van der Waals surface area contributed by atoms with Gasteiger partial charge in [-0.2, -0.15) is 0 Å². The summed E-state index contributed by atoms with van der Waals surface area (Å²) >= 11 is 13.7. The predicted molar refractivity (Wildman–Crippen MR) is 122 cm³/mol. The Hall–Kier alpha value is -2.81. The van der Waals surface area contributed by atoms with Gasteiger partial charge in [0.2, 0.25) is 11.8 Å². The second kappa shape index (κ2) is 9.13. The molecular formula is C21H17Cl2N5O2S. The number of amides is 1. The molecule has 31 heavy (non-hydrogen) atoms. The normalized spacial score (nSPS) is 12.0. The first-order valence-corrected chi connectivity index (χ1v) is 10.9. The van der Waals surface area contributed by atoms with Crippen molar-refractivity contribution in [1.82, 2.24) is 19.9 Å². The summed E-state index contributed by atoms with van der Waals surface area (Å²) in [6, 6.07) is 16.5. The largest absolute Gasteiger partial charge is 0.338 e. The van der Waals surface area contributed by atoms with Crippen molar-refractivity contribution >= 4 is 46.8 Å². The molecule has 1 atom stereocenters. The number of aryl methyl sites for hydroxylation is 1. The first kappa shape index (κ1) is 21.4. The van der Waals surface area contributed by atoms with E-state index in [1.54, 1.807) is 38.1 Å². The summed E-state index contributed by atoms with van der Waals surface area (Å²) < 4.78 is 6.93. The van der Waals surface area contributed by atoms with E-state index in [9.17, 15) is 4.79 Å². The molecule has 7 nitrogen and oxygen atoms in total. The van der Waals surface area contributed by atoms with Crippen LogP contribution in [-0.4, -0.2) is 31.1 Å². The summed E-state index contributed by atoms with van der Waals surface area (Å²) in [5.74, 6) is 0.608. The summed E-state index contributed by atoms with van der Waals surface area (Å²) in [6.07, 6.45) is 0. The summed E-state index contributed by atoms with van der Waals surface area (Å²) in [5.41, 5.74) is 2.21. The van der Waals surface area contributed by atoms with Crippen LogP contribution in [0.1, 0.15) is 12.6 Å². The molecule has 0 fully saturated rings. The number of rotatable bonds is 6. The molecule has 0 spiro atoms. The molecule has 0 aliphatic rings. The van der Waals surface area contributed by atoms with Crippen LogP contribution >= 0.6 is 35.0 Å². The Bertz CT molecular complexity index is 1230. The van der Waals surface area contributed by atoms with Crippen LogP contribution in [0.15, 0.2) is 64.3 Å². The molecule has 1 N–H and O–H groups in total.